The highest BCUT2D eigenvalue weighted by molar-refractivity contribution is 5.95. The van der Waals surface area contributed by atoms with E-state index in [0.29, 0.717) is 0 Å². The van der Waals surface area contributed by atoms with Crippen LogP contribution in [0.15, 0.2) is 200 Å². The predicted octanol–water partition coefficient (Wildman–Crippen LogP) is 12.8. The fourth-order valence-corrected chi connectivity index (χ4v) is 8.07. The summed E-state index contributed by atoms with van der Waals surface area (Å²) >= 11 is 0. The van der Waals surface area contributed by atoms with Gasteiger partial charge in [-0.1, -0.05) is 175 Å². The summed E-state index contributed by atoms with van der Waals surface area (Å²) in [6.07, 6.45) is 9.09. The van der Waals surface area contributed by atoms with E-state index in [1.807, 2.05) is 0 Å². The average Bonchev–Trinajstić information content (AvgIpc) is 3.46. The maximum Gasteiger partial charge on any atom is 0.0713 e. The van der Waals surface area contributed by atoms with Crippen molar-refractivity contribution >= 4 is 17.3 Å². The first-order valence-corrected chi connectivity index (χ1v) is 17.7. The SMILES string of the molecule is Cc1ccc(-c2cccc(-c3ccc4c(c3)-c3ccccc3/C=C\C3=C(/C=C/N4)c4ccccc4C3(c3ccccc3)c3ccccc3)c2)cc1. The van der Waals surface area contributed by atoms with Crippen LogP contribution in [0.5, 0.6) is 0 Å². The van der Waals surface area contributed by atoms with Crippen molar-refractivity contribution in [2.24, 2.45) is 0 Å². The van der Waals surface area contributed by atoms with Crippen LogP contribution in [0.1, 0.15) is 33.4 Å². The van der Waals surface area contributed by atoms with Gasteiger partial charge in [0, 0.05) is 17.5 Å². The minimum absolute atomic E-state index is 0.485. The Balaban J connectivity index is 1.22. The molecule has 0 aromatic heterocycles. The number of benzene rings is 7. The number of fused-ring (bicyclic) bond motifs is 5. The summed E-state index contributed by atoms with van der Waals surface area (Å²) in [6.45, 7) is 2.13. The smallest absolute Gasteiger partial charge is 0.0713 e. The van der Waals surface area contributed by atoms with E-state index in [0.717, 1.165) is 11.3 Å². The molecular formula is C50H37N. The van der Waals surface area contributed by atoms with E-state index in [2.05, 4.69) is 213 Å². The highest BCUT2D eigenvalue weighted by Gasteiger charge is 2.46. The van der Waals surface area contributed by atoms with Gasteiger partial charge in [0.1, 0.15) is 0 Å². The van der Waals surface area contributed by atoms with Crippen LogP contribution in [0.3, 0.4) is 0 Å². The van der Waals surface area contributed by atoms with Crippen molar-refractivity contribution in [2.75, 3.05) is 5.32 Å². The third kappa shape index (κ3) is 5.26. The van der Waals surface area contributed by atoms with Gasteiger partial charge in [-0.25, -0.2) is 0 Å². The summed E-state index contributed by atoms with van der Waals surface area (Å²) in [5.41, 5.74) is 17.7. The average molecular weight is 652 g/mol. The number of hydrogen-bond donors (Lipinski definition) is 1. The Hall–Kier alpha value is -6.44. The minimum atomic E-state index is -0.485. The molecule has 0 atom stereocenters. The largest absolute Gasteiger partial charge is 0.361 e. The second-order valence-corrected chi connectivity index (χ2v) is 13.5. The summed E-state index contributed by atoms with van der Waals surface area (Å²) < 4.78 is 0. The first-order chi connectivity index (χ1) is 25.2. The third-order valence-corrected chi connectivity index (χ3v) is 10.5. The quantitative estimate of drug-likeness (QED) is 0.200. The lowest BCUT2D eigenvalue weighted by Gasteiger charge is -2.35. The van der Waals surface area contributed by atoms with Gasteiger partial charge in [-0.05, 0) is 98.0 Å². The molecule has 0 saturated carbocycles. The number of anilines is 1. The fraction of sp³-hybridized carbons (Fsp3) is 0.0400. The Morgan fingerprint density at radius 3 is 1.78 bits per heavy atom. The second-order valence-electron chi connectivity index (χ2n) is 13.5. The third-order valence-electron chi connectivity index (χ3n) is 10.5. The van der Waals surface area contributed by atoms with Gasteiger partial charge >= 0.3 is 0 Å². The molecule has 1 aliphatic heterocycles. The van der Waals surface area contributed by atoms with Gasteiger partial charge in [0.25, 0.3) is 0 Å². The van der Waals surface area contributed by atoms with E-state index in [4.69, 9.17) is 0 Å². The maximum absolute atomic E-state index is 3.73. The van der Waals surface area contributed by atoms with Gasteiger partial charge in [-0.3, -0.25) is 0 Å². The van der Waals surface area contributed by atoms with E-state index in [1.165, 1.54) is 72.3 Å². The zero-order valence-corrected chi connectivity index (χ0v) is 28.6. The molecule has 7 aromatic rings. The molecule has 9 rings (SSSR count). The van der Waals surface area contributed by atoms with E-state index in [-0.39, 0.29) is 0 Å². The fourth-order valence-electron chi connectivity index (χ4n) is 8.07. The zero-order valence-electron chi connectivity index (χ0n) is 28.6. The Morgan fingerprint density at radius 1 is 0.431 bits per heavy atom. The number of rotatable bonds is 4. The Kier molecular flexibility index (Phi) is 7.67. The molecule has 7 aromatic carbocycles. The van der Waals surface area contributed by atoms with Crippen molar-refractivity contribution in [2.45, 2.75) is 12.3 Å². The molecule has 0 saturated heterocycles. The molecule has 0 unspecified atom stereocenters. The first-order valence-electron chi connectivity index (χ1n) is 17.7. The number of allylic oxidation sites excluding steroid dienone is 4. The topological polar surface area (TPSA) is 12.0 Å². The Labute approximate surface area is 300 Å². The molecule has 0 amide bonds. The molecule has 1 aliphatic carbocycles. The van der Waals surface area contributed by atoms with Crippen LogP contribution in [0, 0.1) is 6.92 Å². The van der Waals surface area contributed by atoms with Crippen LogP contribution >= 0.6 is 0 Å². The van der Waals surface area contributed by atoms with Crippen molar-refractivity contribution in [3.8, 4) is 33.4 Å². The standard InChI is InChI=1S/C50H37N/c1-35-23-25-36(26-24-35)38-14-12-15-39(33-38)40-28-30-49-46(34-40)43-20-9-8-13-37(43)27-29-48-45(31-32-51-49)44-21-10-11-22-47(44)50(48,41-16-4-2-5-17-41)42-18-6-3-7-19-42/h2-34,51H,1H3/b29-27-,32-31+. The van der Waals surface area contributed by atoms with Crippen molar-refractivity contribution in [1.29, 1.82) is 0 Å². The molecule has 0 bridgehead atoms. The number of nitrogens with one attached hydrogen (secondary N) is 1. The van der Waals surface area contributed by atoms with Crippen molar-refractivity contribution in [1.82, 2.24) is 0 Å². The zero-order chi connectivity index (χ0) is 34.2. The summed E-state index contributed by atoms with van der Waals surface area (Å²) in [4.78, 5) is 0. The molecular weight excluding hydrogens is 615 g/mol. The highest BCUT2D eigenvalue weighted by Crippen LogP contribution is 2.55. The normalized spacial score (nSPS) is 15.3. The van der Waals surface area contributed by atoms with Gasteiger partial charge in [0.2, 0.25) is 0 Å². The lowest BCUT2D eigenvalue weighted by molar-refractivity contribution is 0.762. The molecule has 0 radical (unpaired) electrons. The number of aryl methyl sites for hydroxylation is 1. The van der Waals surface area contributed by atoms with Gasteiger partial charge in [-0.15, -0.1) is 0 Å². The lowest BCUT2D eigenvalue weighted by Crippen LogP contribution is -2.29. The lowest BCUT2D eigenvalue weighted by atomic mass is 9.66. The molecule has 0 fully saturated rings. The maximum atomic E-state index is 3.73. The van der Waals surface area contributed by atoms with Gasteiger partial charge < -0.3 is 5.32 Å². The second kappa shape index (κ2) is 12.8. The predicted molar refractivity (Wildman–Crippen MR) is 215 cm³/mol. The Morgan fingerprint density at radius 2 is 1.04 bits per heavy atom. The van der Waals surface area contributed by atoms with E-state index < -0.39 is 5.41 Å². The molecule has 242 valence electrons. The first kappa shape index (κ1) is 30.6. The highest BCUT2D eigenvalue weighted by atomic mass is 14.8. The van der Waals surface area contributed by atoms with E-state index in [1.54, 1.807) is 0 Å². The van der Waals surface area contributed by atoms with Crippen molar-refractivity contribution in [3.05, 3.63) is 233 Å². The van der Waals surface area contributed by atoms with Crippen LogP contribution < -0.4 is 5.32 Å². The summed E-state index contributed by atoms with van der Waals surface area (Å²) in [6, 6.07) is 64.1. The monoisotopic (exact) mass is 651 g/mol. The van der Waals surface area contributed by atoms with Crippen LogP contribution in [-0.2, 0) is 5.41 Å². The van der Waals surface area contributed by atoms with Crippen molar-refractivity contribution in [3.63, 3.8) is 0 Å². The molecule has 1 heteroatoms. The molecule has 2 aliphatic rings. The summed E-state index contributed by atoms with van der Waals surface area (Å²) in [7, 11) is 0. The van der Waals surface area contributed by atoms with Crippen LogP contribution in [0.25, 0.3) is 45.0 Å². The molecule has 1 heterocycles. The van der Waals surface area contributed by atoms with Gasteiger partial charge in [0.15, 0.2) is 0 Å². The molecule has 1 N–H and O–H groups in total. The molecule has 51 heavy (non-hydrogen) atoms. The Bertz CT molecular complexity index is 2440. The van der Waals surface area contributed by atoms with Crippen molar-refractivity contribution < 1.29 is 0 Å². The van der Waals surface area contributed by atoms with Crippen LogP contribution in [-0.4, -0.2) is 0 Å². The minimum Gasteiger partial charge on any atom is -0.361 e. The van der Waals surface area contributed by atoms with E-state index in [9.17, 15) is 0 Å². The number of hydrogen-bond acceptors (Lipinski definition) is 1. The molecule has 0 spiro atoms. The van der Waals surface area contributed by atoms with Gasteiger partial charge in [-0.2, -0.15) is 0 Å². The summed E-state index contributed by atoms with van der Waals surface area (Å²) in [5.74, 6) is 0. The van der Waals surface area contributed by atoms with Gasteiger partial charge in [0.05, 0.1) is 5.41 Å². The van der Waals surface area contributed by atoms with E-state index >= 15 is 0 Å². The molecule has 1 nitrogen and oxygen atoms in total. The summed E-state index contributed by atoms with van der Waals surface area (Å²) in [5, 5.41) is 3.73. The van der Waals surface area contributed by atoms with Crippen LogP contribution in [0.4, 0.5) is 5.69 Å². The van der Waals surface area contributed by atoms with Crippen LogP contribution in [0.2, 0.25) is 0 Å².